The summed E-state index contributed by atoms with van der Waals surface area (Å²) in [5, 5.41) is 10.3. The first-order valence-electron chi connectivity index (χ1n) is 8.26. The number of ether oxygens (including phenoxy) is 1. The van der Waals surface area contributed by atoms with Gasteiger partial charge in [-0.15, -0.1) is 0 Å². The Hall–Kier alpha value is -2.33. The van der Waals surface area contributed by atoms with Crippen molar-refractivity contribution in [3.63, 3.8) is 0 Å². The van der Waals surface area contributed by atoms with Crippen molar-refractivity contribution in [3.8, 4) is 11.5 Å². The molecule has 0 saturated heterocycles. The van der Waals surface area contributed by atoms with E-state index in [2.05, 4.69) is 4.99 Å². The molecule has 1 aliphatic rings. The van der Waals surface area contributed by atoms with Gasteiger partial charge in [-0.2, -0.15) is 4.99 Å². The number of carbonyl (C=O) groups is 2. The summed E-state index contributed by atoms with van der Waals surface area (Å²) in [5.74, 6) is -0.277. The highest BCUT2D eigenvalue weighted by molar-refractivity contribution is 14.1. The number of aryl methyl sites for hydroxylation is 1. The summed E-state index contributed by atoms with van der Waals surface area (Å²) < 4.78 is 5.76. The number of thioether (sulfide) groups is 1. The lowest BCUT2D eigenvalue weighted by Gasteiger charge is -2.19. The molecule has 0 fully saturated rings. The topological polar surface area (TPSA) is 79.2 Å². The van der Waals surface area contributed by atoms with Crippen LogP contribution in [0.15, 0.2) is 46.3 Å². The molecule has 1 heterocycles. The molecule has 0 radical (unpaired) electrons. The van der Waals surface area contributed by atoms with Crippen molar-refractivity contribution in [2.24, 2.45) is 4.99 Å². The fourth-order valence-corrected chi connectivity index (χ4v) is 4.20. The van der Waals surface area contributed by atoms with E-state index in [4.69, 9.17) is 4.74 Å². The molecule has 2 amide bonds. The summed E-state index contributed by atoms with van der Waals surface area (Å²) in [6, 6.07) is 10.8. The highest BCUT2D eigenvalue weighted by atomic mass is 127. The van der Waals surface area contributed by atoms with Gasteiger partial charge in [0.1, 0.15) is 0 Å². The van der Waals surface area contributed by atoms with Crippen molar-refractivity contribution >= 4 is 63.1 Å². The molecule has 3 rings (SSSR count). The van der Waals surface area contributed by atoms with Crippen LogP contribution in [0.5, 0.6) is 11.5 Å². The van der Waals surface area contributed by atoms with Crippen LogP contribution in [0, 0.1) is 10.5 Å². The van der Waals surface area contributed by atoms with E-state index in [1.165, 1.54) is 18.9 Å². The molecular weight excluding hydrogens is 491 g/mol. The van der Waals surface area contributed by atoms with E-state index in [1.54, 1.807) is 18.2 Å². The zero-order valence-corrected chi connectivity index (χ0v) is 18.4. The number of halogens is 1. The Kier molecular flexibility index (Phi) is 6.09. The molecule has 8 heteroatoms. The Morgan fingerprint density at radius 2 is 1.96 bits per heavy atom. The normalized spacial score (nSPS) is 14.9. The number of benzene rings is 2. The highest BCUT2D eigenvalue weighted by Gasteiger charge is 2.29. The lowest BCUT2D eigenvalue weighted by atomic mass is 10.2. The number of methoxy groups -OCH3 is 1. The average Bonchev–Trinajstić information content (AvgIpc) is 2.99. The van der Waals surface area contributed by atoms with E-state index in [1.807, 2.05) is 53.8 Å². The first-order valence-corrected chi connectivity index (χ1v) is 10.2. The molecule has 0 spiro atoms. The van der Waals surface area contributed by atoms with Gasteiger partial charge in [0.2, 0.25) is 5.91 Å². The Labute approximate surface area is 180 Å². The monoisotopic (exact) mass is 508 g/mol. The fraction of sp³-hybridized carbons (Fsp3) is 0.150. The van der Waals surface area contributed by atoms with Gasteiger partial charge in [-0.1, -0.05) is 17.7 Å². The number of anilines is 1. The Balaban J connectivity index is 1.92. The first-order chi connectivity index (χ1) is 13.3. The Bertz CT molecular complexity index is 1020. The number of rotatable bonds is 3. The molecule has 28 heavy (non-hydrogen) atoms. The predicted octanol–water partition coefficient (Wildman–Crippen LogP) is 4.34. The molecule has 6 nitrogen and oxygen atoms in total. The van der Waals surface area contributed by atoms with Crippen LogP contribution < -0.4 is 9.64 Å². The largest absolute Gasteiger partial charge is 0.504 e. The van der Waals surface area contributed by atoms with Crippen LogP contribution in [0.25, 0.3) is 6.08 Å². The summed E-state index contributed by atoms with van der Waals surface area (Å²) in [6.45, 7) is 3.39. The molecule has 0 unspecified atom stereocenters. The fourth-order valence-electron chi connectivity index (χ4n) is 2.60. The summed E-state index contributed by atoms with van der Waals surface area (Å²) >= 11 is 3.13. The maximum atomic E-state index is 12.4. The van der Waals surface area contributed by atoms with Gasteiger partial charge in [0.15, 0.2) is 16.7 Å². The number of amidine groups is 1. The maximum Gasteiger partial charge on any atom is 0.286 e. The summed E-state index contributed by atoms with van der Waals surface area (Å²) in [5.41, 5.74) is 2.41. The number of hydrogen-bond acceptors (Lipinski definition) is 5. The molecule has 2 aromatic carbocycles. The Morgan fingerprint density at radius 1 is 1.29 bits per heavy atom. The molecule has 0 bridgehead atoms. The van der Waals surface area contributed by atoms with E-state index in [9.17, 15) is 14.7 Å². The molecule has 0 atom stereocenters. The third kappa shape index (κ3) is 4.22. The second-order valence-electron chi connectivity index (χ2n) is 6.05. The summed E-state index contributed by atoms with van der Waals surface area (Å²) in [4.78, 5) is 30.5. The van der Waals surface area contributed by atoms with Gasteiger partial charge in [0.05, 0.1) is 21.3 Å². The van der Waals surface area contributed by atoms with Crippen LogP contribution in [-0.4, -0.2) is 29.2 Å². The molecule has 1 N–H and O–H groups in total. The second-order valence-corrected chi connectivity index (χ2v) is 8.23. The van der Waals surface area contributed by atoms with Crippen LogP contribution in [0.3, 0.4) is 0 Å². The quantitative estimate of drug-likeness (QED) is 0.493. The van der Waals surface area contributed by atoms with Crippen molar-refractivity contribution in [2.45, 2.75) is 13.8 Å². The molecule has 0 aliphatic carbocycles. The summed E-state index contributed by atoms with van der Waals surface area (Å²) in [7, 11) is 1.46. The maximum absolute atomic E-state index is 12.4. The molecule has 1 aliphatic heterocycles. The van der Waals surface area contributed by atoms with E-state index < -0.39 is 5.91 Å². The minimum atomic E-state index is -0.416. The minimum absolute atomic E-state index is 0.0507. The number of phenolic OH excluding ortho intramolecular Hbond substituents is 1. The van der Waals surface area contributed by atoms with Crippen LogP contribution in [-0.2, 0) is 9.59 Å². The van der Waals surface area contributed by atoms with E-state index in [-0.39, 0.29) is 11.7 Å². The standard InChI is InChI=1S/C20H17IN2O4S/c1-11-4-6-14(7-5-11)23(12(2)24)20-22-19(26)17(28-20)10-13-8-15(21)18(25)16(9-13)27-3/h4-10,25H,1-3H3/b17-10+. The number of phenols is 1. The van der Waals surface area contributed by atoms with Crippen molar-refractivity contribution in [2.75, 3.05) is 12.0 Å². The first kappa shape index (κ1) is 20.4. The van der Waals surface area contributed by atoms with E-state index >= 15 is 0 Å². The predicted molar refractivity (Wildman–Crippen MR) is 120 cm³/mol. The third-order valence-electron chi connectivity index (χ3n) is 3.98. The van der Waals surface area contributed by atoms with Gasteiger partial charge in [-0.3, -0.25) is 14.5 Å². The average molecular weight is 508 g/mol. The lowest BCUT2D eigenvalue weighted by Crippen LogP contribution is -2.32. The third-order valence-corrected chi connectivity index (χ3v) is 5.77. The number of carbonyl (C=O) groups excluding carboxylic acids is 2. The van der Waals surface area contributed by atoms with E-state index in [0.29, 0.717) is 30.6 Å². The van der Waals surface area contributed by atoms with Gasteiger partial charge in [0.25, 0.3) is 5.91 Å². The van der Waals surface area contributed by atoms with Gasteiger partial charge in [-0.25, -0.2) is 0 Å². The molecule has 144 valence electrons. The number of nitrogens with zero attached hydrogens (tertiary/aromatic N) is 2. The van der Waals surface area contributed by atoms with Gasteiger partial charge >= 0.3 is 0 Å². The zero-order valence-electron chi connectivity index (χ0n) is 15.4. The lowest BCUT2D eigenvalue weighted by molar-refractivity contribution is -0.115. The zero-order chi connectivity index (χ0) is 20.4. The number of amides is 2. The number of aliphatic imine (C=N–C) groups is 1. The Morgan fingerprint density at radius 3 is 2.57 bits per heavy atom. The smallest absolute Gasteiger partial charge is 0.286 e. The number of hydrogen-bond donors (Lipinski definition) is 1. The van der Waals surface area contributed by atoms with Crippen LogP contribution in [0.1, 0.15) is 18.1 Å². The van der Waals surface area contributed by atoms with Gasteiger partial charge < -0.3 is 9.84 Å². The van der Waals surface area contributed by atoms with Gasteiger partial charge in [0, 0.05) is 6.92 Å². The van der Waals surface area contributed by atoms with Crippen LogP contribution in [0.2, 0.25) is 0 Å². The van der Waals surface area contributed by atoms with Crippen molar-refractivity contribution in [1.82, 2.24) is 0 Å². The van der Waals surface area contributed by atoms with Crippen LogP contribution in [0.4, 0.5) is 5.69 Å². The molecule has 0 saturated carbocycles. The highest BCUT2D eigenvalue weighted by Crippen LogP contribution is 2.36. The number of aromatic hydroxyl groups is 1. The molecular formula is C20H17IN2O4S. The summed E-state index contributed by atoms with van der Waals surface area (Å²) in [6.07, 6.45) is 1.67. The minimum Gasteiger partial charge on any atom is -0.504 e. The van der Waals surface area contributed by atoms with Crippen molar-refractivity contribution < 1.29 is 19.4 Å². The SMILES string of the molecule is COc1cc(/C=C2/SC(N(C(C)=O)c3ccc(C)cc3)=NC2=O)cc(I)c1O. The second kappa shape index (κ2) is 8.36. The van der Waals surface area contributed by atoms with Gasteiger partial charge in [-0.05, 0) is 77.2 Å². The van der Waals surface area contributed by atoms with E-state index in [0.717, 1.165) is 17.3 Å². The van der Waals surface area contributed by atoms with Crippen molar-refractivity contribution in [3.05, 3.63) is 56.0 Å². The molecule has 2 aromatic rings. The van der Waals surface area contributed by atoms with Crippen LogP contribution >= 0.6 is 34.4 Å². The van der Waals surface area contributed by atoms with Crippen molar-refractivity contribution in [1.29, 1.82) is 0 Å². The molecule has 0 aromatic heterocycles.